The zero-order valence-electron chi connectivity index (χ0n) is 12.8. The van der Waals surface area contributed by atoms with Crippen LogP contribution in [0.5, 0.6) is 0 Å². The average molecular weight is 270 g/mol. The van der Waals surface area contributed by atoms with E-state index in [0.717, 1.165) is 6.54 Å². The van der Waals surface area contributed by atoms with Gasteiger partial charge in [-0.15, -0.1) is 0 Å². The summed E-state index contributed by atoms with van der Waals surface area (Å²) in [6, 6.07) is 1.32. The largest absolute Gasteiger partial charge is 0.311 e. The van der Waals surface area contributed by atoms with E-state index in [2.05, 4.69) is 55.9 Å². The maximum absolute atomic E-state index is 3.73. The van der Waals surface area contributed by atoms with Crippen molar-refractivity contribution in [1.82, 2.24) is 10.2 Å². The van der Waals surface area contributed by atoms with Gasteiger partial charge in [0.1, 0.15) is 0 Å². The zero-order chi connectivity index (χ0) is 13.4. The predicted octanol–water partition coefficient (Wildman–Crippen LogP) is 2.98. The minimum atomic E-state index is 0.366. The molecular formula is C15H30N2S. The third-order valence-electron chi connectivity index (χ3n) is 4.93. The minimum absolute atomic E-state index is 0.366. The SMILES string of the molecule is CSC1(CN2CC(C(C)(C)C)NCC2C)CCC1. The molecule has 0 aromatic carbocycles. The van der Waals surface area contributed by atoms with Gasteiger partial charge in [0.25, 0.3) is 0 Å². The van der Waals surface area contributed by atoms with E-state index in [-0.39, 0.29) is 0 Å². The van der Waals surface area contributed by atoms with Crippen molar-refractivity contribution in [3.8, 4) is 0 Å². The Morgan fingerprint density at radius 1 is 1.33 bits per heavy atom. The summed E-state index contributed by atoms with van der Waals surface area (Å²) in [5, 5.41) is 3.73. The fraction of sp³-hybridized carbons (Fsp3) is 1.00. The van der Waals surface area contributed by atoms with Crippen molar-refractivity contribution in [2.24, 2.45) is 5.41 Å². The standard InChI is InChI=1S/C15H30N2S/c1-12-9-16-13(14(2,3)4)10-17(12)11-15(18-5)7-6-8-15/h12-13,16H,6-11H2,1-5H3. The molecule has 0 aromatic heterocycles. The van der Waals surface area contributed by atoms with Gasteiger partial charge in [-0.3, -0.25) is 4.90 Å². The molecule has 1 heterocycles. The third kappa shape index (κ3) is 3.05. The minimum Gasteiger partial charge on any atom is -0.311 e. The molecule has 2 aliphatic rings. The Kier molecular flexibility index (Phi) is 4.35. The maximum atomic E-state index is 3.73. The number of hydrogen-bond donors (Lipinski definition) is 1. The van der Waals surface area contributed by atoms with Crippen molar-refractivity contribution in [2.45, 2.75) is 63.8 Å². The number of hydrogen-bond acceptors (Lipinski definition) is 3. The number of thioether (sulfide) groups is 1. The lowest BCUT2D eigenvalue weighted by atomic mass is 9.81. The quantitative estimate of drug-likeness (QED) is 0.849. The van der Waals surface area contributed by atoms with Crippen LogP contribution >= 0.6 is 11.8 Å². The number of rotatable bonds is 3. The van der Waals surface area contributed by atoms with Gasteiger partial charge in [0, 0.05) is 36.5 Å². The van der Waals surface area contributed by atoms with E-state index in [4.69, 9.17) is 0 Å². The van der Waals surface area contributed by atoms with Crippen molar-refractivity contribution in [2.75, 3.05) is 25.9 Å². The van der Waals surface area contributed by atoms with Crippen LogP contribution in [-0.2, 0) is 0 Å². The van der Waals surface area contributed by atoms with E-state index in [1.54, 1.807) is 0 Å². The first-order chi connectivity index (χ1) is 8.36. The van der Waals surface area contributed by atoms with E-state index < -0.39 is 0 Å². The Hall–Kier alpha value is 0.270. The van der Waals surface area contributed by atoms with E-state index in [0.29, 0.717) is 22.2 Å². The molecule has 1 saturated heterocycles. The van der Waals surface area contributed by atoms with E-state index in [1.165, 1.54) is 32.4 Å². The van der Waals surface area contributed by atoms with Gasteiger partial charge < -0.3 is 5.32 Å². The molecule has 2 nitrogen and oxygen atoms in total. The zero-order valence-corrected chi connectivity index (χ0v) is 13.6. The molecule has 2 unspecified atom stereocenters. The third-order valence-corrected chi connectivity index (χ3v) is 6.34. The van der Waals surface area contributed by atoms with Gasteiger partial charge in [-0.1, -0.05) is 27.2 Å². The molecule has 3 heteroatoms. The van der Waals surface area contributed by atoms with Crippen molar-refractivity contribution in [3.05, 3.63) is 0 Å². The second kappa shape index (κ2) is 5.34. The molecule has 2 rings (SSSR count). The van der Waals surface area contributed by atoms with Crippen LogP contribution in [0.3, 0.4) is 0 Å². The van der Waals surface area contributed by atoms with E-state index in [9.17, 15) is 0 Å². The van der Waals surface area contributed by atoms with Gasteiger partial charge in [-0.2, -0.15) is 11.8 Å². The molecule has 0 amide bonds. The van der Waals surface area contributed by atoms with Crippen LogP contribution in [0.4, 0.5) is 0 Å². The highest BCUT2D eigenvalue weighted by molar-refractivity contribution is 8.00. The molecule has 1 saturated carbocycles. The second-order valence-corrected chi connectivity index (χ2v) is 8.62. The van der Waals surface area contributed by atoms with Crippen molar-refractivity contribution in [3.63, 3.8) is 0 Å². The van der Waals surface area contributed by atoms with Crippen LogP contribution in [-0.4, -0.2) is 47.6 Å². The van der Waals surface area contributed by atoms with E-state index in [1.807, 2.05) is 0 Å². The van der Waals surface area contributed by atoms with Crippen LogP contribution in [0.2, 0.25) is 0 Å². The molecular weight excluding hydrogens is 240 g/mol. The van der Waals surface area contributed by atoms with Crippen LogP contribution in [0, 0.1) is 5.41 Å². The Morgan fingerprint density at radius 3 is 2.44 bits per heavy atom. The molecule has 2 fully saturated rings. The van der Waals surface area contributed by atoms with Gasteiger partial charge >= 0.3 is 0 Å². The summed E-state index contributed by atoms with van der Waals surface area (Å²) in [4.78, 5) is 2.74. The molecule has 1 aliphatic carbocycles. The van der Waals surface area contributed by atoms with Crippen molar-refractivity contribution < 1.29 is 0 Å². The highest BCUT2D eigenvalue weighted by Crippen LogP contribution is 2.44. The van der Waals surface area contributed by atoms with Crippen LogP contribution in [0.1, 0.15) is 47.0 Å². The highest BCUT2D eigenvalue weighted by Gasteiger charge is 2.41. The molecule has 106 valence electrons. The Bertz CT molecular complexity index is 275. The van der Waals surface area contributed by atoms with Crippen molar-refractivity contribution >= 4 is 11.8 Å². The Labute approximate surface area is 117 Å². The summed E-state index contributed by atoms with van der Waals surface area (Å²) in [7, 11) is 0. The summed E-state index contributed by atoms with van der Waals surface area (Å²) < 4.78 is 0.577. The number of nitrogens with zero attached hydrogens (tertiary/aromatic N) is 1. The Balaban J connectivity index is 1.97. The number of piperazine rings is 1. The van der Waals surface area contributed by atoms with Crippen molar-refractivity contribution in [1.29, 1.82) is 0 Å². The first kappa shape index (κ1) is 14.7. The van der Waals surface area contributed by atoms with Gasteiger partial charge in [0.05, 0.1) is 0 Å². The lowest BCUT2D eigenvalue weighted by Crippen LogP contribution is -2.62. The Morgan fingerprint density at radius 2 is 2.00 bits per heavy atom. The smallest absolute Gasteiger partial charge is 0.0284 e. The summed E-state index contributed by atoms with van der Waals surface area (Å²) in [6.45, 7) is 13.1. The fourth-order valence-corrected chi connectivity index (χ4v) is 4.08. The lowest BCUT2D eigenvalue weighted by Gasteiger charge is -2.50. The molecule has 1 N–H and O–H groups in total. The predicted molar refractivity (Wildman–Crippen MR) is 82.4 cm³/mol. The van der Waals surface area contributed by atoms with Crippen LogP contribution in [0.15, 0.2) is 0 Å². The van der Waals surface area contributed by atoms with Gasteiger partial charge in [-0.05, 0) is 31.4 Å². The van der Waals surface area contributed by atoms with Crippen LogP contribution < -0.4 is 5.32 Å². The van der Waals surface area contributed by atoms with E-state index >= 15 is 0 Å². The summed E-state index contributed by atoms with van der Waals surface area (Å²) in [5.74, 6) is 0. The fourth-order valence-electron chi connectivity index (χ4n) is 3.09. The number of nitrogens with one attached hydrogen (secondary N) is 1. The monoisotopic (exact) mass is 270 g/mol. The first-order valence-electron chi connectivity index (χ1n) is 7.39. The summed E-state index contributed by atoms with van der Waals surface area (Å²) in [6.07, 6.45) is 6.58. The molecule has 1 aliphatic heterocycles. The molecule has 0 spiro atoms. The lowest BCUT2D eigenvalue weighted by molar-refractivity contribution is 0.0742. The molecule has 2 atom stereocenters. The highest BCUT2D eigenvalue weighted by atomic mass is 32.2. The first-order valence-corrected chi connectivity index (χ1v) is 8.61. The molecule has 18 heavy (non-hydrogen) atoms. The van der Waals surface area contributed by atoms with Crippen LogP contribution in [0.25, 0.3) is 0 Å². The van der Waals surface area contributed by atoms with Gasteiger partial charge in [-0.25, -0.2) is 0 Å². The molecule has 0 bridgehead atoms. The summed E-state index contributed by atoms with van der Waals surface area (Å²) in [5.41, 5.74) is 0.366. The average Bonchev–Trinajstić information content (AvgIpc) is 2.24. The van der Waals surface area contributed by atoms with Gasteiger partial charge in [0.15, 0.2) is 0 Å². The second-order valence-electron chi connectivity index (χ2n) is 7.35. The maximum Gasteiger partial charge on any atom is 0.0284 e. The van der Waals surface area contributed by atoms with Gasteiger partial charge in [0.2, 0.25) is 0 Å². The molecule has 0 radical (unpaired) electrons. The molecule has 0 aromatic rings. The summed E-state index contributed by atoms with van der Waals surface area (Å²) >= 11 is 2.10. The topological polar surface area (TPSA) is 15.3 Å². The normalized spacial score (nSPS) is 33.2.